The van der Waals surface area contributed by atoms with Gasteiger partial charge >= 0.3 is 0 Å². The first-order chi connectivity index (χ1) is 30.9. The van der Waals surface area contributed by atoms with Crippen molar-refractivity contribution in [3.8, 4) is 34.5 Å². The highest BCUT2D eigenvalue weighted by atomic mass is 16.5. The van der Waals surface area contributed by atoms with Crippen LogP contribution in [-0.2, 0) is 24.1 Å². The first-order valence-electron chi connectivity index (χ1n) is 23.0. The molecule has 11 nitrogen and oxygen atoms in total. The molecule has 5 atom stereocenters. The fraction of sp³-hybridized carbons (Fsp3) is 0.415. The number of aromatic hydroxyl groups is 4. The number of fused-ring (bicyclic) bond motifs is 5. The molecule has 11 heteroatoms. The van der Waals surface area contributed by atoms with Crippen molar-refractivity contribution in [1.82, 2.24) is 10.3 Å². The van der Waals surface area contributed by atoms with Crippen molar-refractivity contribution in [2.75, 3.05) is 25.6 Å². The molecule has 2 bridgehead atoms. The first-order valence-corrected chi connectivity index (χ1v) is 23.0. The van der Waals surface area contributed by atoms with E-state index in [1.54, 1.807) is 36.4 Å². The van der Waals surface area contributed by atoms with Gasteiger partial charge in [0.05, 0.1) is 25.7 Å². The molecule has 5 aromatic rings. The number of aliphatic hydroxyl groups is 1. The smallest absolute Gasteiger partial charge is 0.200 e. The number of aromatic amines is 1. The number of methoxy groups -OCH3 is 1. The number of rotatable bonds is 13. The molecular formula is C53H63N3O8. The van der Waals surface area contributed by atoms with E-state index in [0.29, 0.717) is 68.9 Å². The molecule has 64 heavy (non-hydrogen) atoms. The number of allylic oxidation sites excluding steroid dienone is 2. The SMILES string of the molecule is COc1cc(CCC(O)C2C(=O)CC(c3cc(O)c(O)c(OCCCC(C)C)c3)CCc3c(ccc4cc(O)ccc34)NC3=CC(=CCN3)C23CCCC3Cc2ccc[nH]2)ccc1O. The van der Waals surface area contributed by atoms with Gasteiger partial charge in [0.2, 0.25) is 5.75 Å². The zero-order valence-corrected chi connectivity index (χ0v) is 37.2. The van der Waals surface area contributed by atoms with Gasteiger partial charge in [-0.05, 0) is 169 Å². The molecule has 0 amide bonds. The monoisotopic (exact) mass is 869 g/mol. The topological polar surface area (TPSA) is 177 Å². The van der Waals surface area contributed by atoms with E-state index < -0.39 is 23.4 Å². The van der Waals surface area contributed by atoms with Gasteiger partial charge in [0.15, 0.2) is 23.0 Å². The Bertz CT molecular complexity index is 2510. The van der Waals surface area contributed by atoms with Crippen molar-refractivity contribution >= 4 is 22.2 Å². The molecule has 1 aromatic heterocycles. The van der Waals surface area contributed by atoms with Gasteiger partial charge in [-0.1, -0.05) is 44.5 Å². The quantitative estimate of drug-likeness (QED) is 0.0420. The van der Waals surface area contributed by atoms with E-state index >= 15 is 4.79 Å². The summed E-state index contributed by atoms with van der Waals surface area (Å²) in [5.74, 6) is 0.0762. The largest absolute Gasteiger partial charge is 0.508 e. The number of aryl methyl sites for hydroxylation is 2. The number of phenolic OH excluding ortho intramolecular Hbond substituents is 4. The second kappa shape index (κ2) is 19.4. The van der Waals surface area contributed by atoms with Crippen LogP contribution >= 0.6 is 0 Å². The summed E-state index contributed by atoms with van der Waals surface area (Å²) in [5.41, 5.74) is 4.81. The molecule has 3 heterocycles. The Labute approximate surface area is 375 Å². The molecule has 0 saturated heterocycles. The van der Waals surface area contributed by atoms with Gasteiger partial charge < -0.3 is 50.6 Å². The Kier molecular flexibility index (Phi) is 13.5. The Hall–Kier alpha value is -6.07. The van der Waals surface area contributed by atoms with Crippen molar-refractivity contribution in [3.63, 3.8) is 0 Å². The highest BCUT2D eigenvalue weighted by molar-refractivity contribution is 5.91. The lowest BCUT2D eigenvalue weighted by atomic mass is 9.58. The van der Waals surface area contributed by atoms with Crippen molar-refractivity contribution in [2.24, 2.45) is 23.2 Å². The number of hydrogen-bond donors (Lipinski definition) is 8. The number of aromatic nitrogens is 1. The lowest BCUT2D eigenvalue weighted by Gasteiger charge is -2.46. The minimum atomic E-state index is -1.04. The molecule has 0 radical (unpaired) electrons. The van der Waals surface area contributed by atoms with Crippen molar-refractivity contribution in [1.29, 1.82) is 0 Å². The number of dihydropyridines is 1. The van der Waals surface area contributed by atoms with Gasteiger partial charge in [-0.25, -0.2) is 0 Å². The molecule has 1 fully saturated rings. The predicted octanol–water partition coefficient (Wildman–Crippen LogP) is 9.93. The molecule has 8 rings (SSSR count). The maximum atomic E-state index is 15.9. The summed E-state index contributed by atoms with van der Waals surface area (Å²) in [6.07, 6.45) is 12.0. The predicted molar refractivity (Wildman–Crippen MR) is 250 cm³/mol. The number of H-pyrrole nitrogens is 1. The van der Waals surface area contributed by atoms with Crippen LogP contribution in [0.25, 0.3) is 10.8 Å². The van der Waals surface area contributed by atoms with Crippen molar-refractivity contribution in [3.05, 3.63) is 125 Å². The van der Waals surface area contributed by atoms with Crippen LogP contribution in [-0.4, -0.2) is 62.7 Å². The molecule has 4 aromatic carbocycles. The van der Waals surface area contributed by atoms with Crippen LogP contribution in [0, 0.1) is 23.2 Å². The lowest BCUT2D eigenvalue weighted by molar-refractivity contribution is -0.134. The summed E-state index contributed by atoms with van der Waals surface area (Å²) >= 11 is 0. The first kappa shape index (κ1) is 44.5. The van der Waals surface area contributed by atoms with E-state index in [9.17, 15) is 25.5 Å². The van der Waals surface area contributed by atoms with E-state index in [2.05, 4.69) is 47.7 Å². The standard InChI is InChI=1S/C53H63N3O8/c1-32(2)7-6-24-64-49-29-36(28-47(61)52(49)62)34-12-15-42-41-16-14-40(57)26-35(41)13-17-43(42)56-50-31-38(20-23-55-50)53(21-4-8-37(53)30-39-9-5-22-54-39)51(46(60)27-34)45(59)19-11-33-10-18-44(58)48(25-33)63-3/h5,9-10,13-14,16-18,20,22,25-26,28-29,31-32,34,37,45,51,54-59,61-62H,4,6-8,11-12,15,19,21,23-24,27,30H2,1-3H3. The third-order valence-corrected chi connectivity index (χ3v) is 14.0. The van der Waals surface area contributed by atoms with Gasteiger partial charge in [-0.15, -0.1) is 0 Å². The Morgan fingerprint density at radius 1 is 0.922 bits per heavy atom. The number of carbonyl (C=O) groups excluding carboxylic acids is 1. The van der Waals surface area contributed by atoms with Crippen LogP contribution in [0.3, 0.4) is 0 Å². The fourth-order valence-corrected chi connectivity index (χ4v) is 10.9. The lowest BCUT2D eigenvalue weighted by Crippen LogP contribution is -2.48. The van der Waals surface area contributed by atoms with Crippen LogP contribution in [0.1, 0.15) is 93.5 Å². The number of carbonyl (C=O) groups is 1. The normalized spacial score (nSPS) is 21.8. The molecule has 338 valence electrons. The average molecular weight is 870 g/mol. The van der Waals surface area contributed by atoms with Crippen LogP contribution in [0.2, 0.25) is 0 Å². The number of ether oxygens (including phenoxy) is 2. The molecule has 1 aliphatic carbocycles. The van der Waals surface area contributed by atoms with Crippen LogP contribution < -0.4 is 20.1 Å². The molecule has 1 saturated carbocycles. The number of aliphatic hydroxyl groups excluding tert-OH is 1. The number of anilines is 1. The maximum Gasteiger partial charge on any atom is 0.200 e. The number of Topliss-reactive ketones (excluding diaryl/α,β-unsaturated/α-hetero) is 1. The Balaban J connectivity index is 1.27. The van der Waals surface area contributed by atoms with E-state index in [4.69, 9.17) is 9.47 Å². The number of benzene rings is 4. The zero-order valence-electron chi connectivity index (χ0n) is 37.2. The summed E-state index contributed by atoms with van der Waals surface area (Å²) in [6.45, 7) is 5.19. The van der Waals surface area contributed by atoms with Gasteiger partial charge in [0.1, 0.15) is 17.4 Å². The number of hydrogen-bond acceptors (Lipinski definition) is 10. The summed E-state index contributed by atoms with van der Waals surface area (Å²) in [4.78, 5) is 19.3. The van der Waals surface area contributed by atoms with Crippen LogP contribution in [0.5, 0.6) is 34.5 Å². The number of nitrogens with one attached hydrogen (secondary N) is 3. The summed E-state index contributed by atoms with van der Waals surface area (Å²) in [5, 5.41) is 65.1. The molecule has 5 unspecified atom stereocenters. The molecule has 1 spiro atoms. The highest BCUT2D eigenvalue weighted by Crippen LogP contribution is 2.58. The van der Waals surface area contributed by atoms with Gasteiger partial charge in [0.25, 0.3) is 0 Å². The summed E-state index contributed by atoms with van der Waals surface area (Å²) in [7, 11) is 1.51. The molecule has 8 N–H and O–H groups in total. The van der Waals surface area contributed by atoms with Gasteiger partial charge in [0, 0.05) is 36.0 Å². The fourth-order valence-electron chi connectivity index (χ4n) is 10.9. The van der Waals surface area contributed by atoms with Crippen LogP contribution in [0.15, 0.2) is 103 Å². The molecular weight excluding hydrogens is 807 g/mol. The molecule has 2 aliphatic heterocycles. The summed E-state index contributed by atoms with van der Waals surface area (Å²) in [6, 6.07) is 22.0. The number of ketones is 1. The highest BCUT2D eigenvalue weighted by Gasteiger charge is 2.55. The Morgan fingerprint density at radius 2 is 1.78 bits per heavy atom. The maximum absolute atomic E-state index is 15.9. The van der Waals surface area contributed by atoms with Gasteiger partial charge in [-0.2, -0.15) is 0 Å². The summed E-state index contributed by atoms with van der Waals surface area (Å²) < 4.78 is 11.5. The zero-order chi connectivity index (χ0) is 45.0. The van der Waals surface area contributed by atoms with E-state index in [1.807, 2.05) is 36.5 Å². The van der Waals surface area contributed by atoms with E-state index in [0.717, 1.165) is 70.4 Å². The third-order valence-electron chi connectivity index (χ3n) is 14.0. The number of phenols is 4. The minimum absolute atomic E-state index is 0.0152. The third kappa shape index (κ3) is 9.41. The Morgan fingerprint density at radius 3 is 2.58 bits per heavy atom. The van der Waals surface area contributed by atoms with E-state index in [1.165, 1.54) is 7.11 Å². The van der Waals surface area contributed by atoms with Crippen molar-refractivity contribution in [2.45, 2.75) is 96.5 Å². The molecule has 3 aliphatic rings. The second-order valence-corrected chi connectivity index (χ2v) is 18.5. The van der Waals surface area contributed by atoms with Crippen molar-refractivity contribution < 1.29 is 39.8 Å². The second-order valence-electron chi connectivity index (χ2n) is 18.5. The minimum Gasteiger partial charge on any atom is -0.508 e. The van der Waals surface area contributed by atoms with Gasteiger partial charge in [-0.3, -0.25) is 4.79 Å². The van der Waals surface area contributed by atoms with Crippen LogP contribution in [0.4, 0.5) is 5.69 Å². The van der Waals surface area contributed by atoms with E-state index in [-0.39, 0.29) is 46.9 Å². The average Bonchev–Trinajstić information content (AvgIpc) is 3.96.